The lowest BCUT2D eigenvalue weighted by atomic mass is 10.0. The van der Waals surface area contributed by atoms with Crippen LogP contribution in [-0.2, 0) is 10.0 Å². The SMILES string of the molecule is COc1cccc(C#N)c1NS(=O)(=O)C1CCCCC1. The van der Waals surface area contributed by atoms with Gasteiger partial charge in [0, 0.05) is 0 Å². The number of hydrogen-bond donors (Lipinski definition) is 1. The van der Waals surface area contributed by atoms with Gasteiger partial charge in [-0.2, -0.15) is 5.26 Å². The molecular weight excluding hydrogens is 276 g/mol. The maximum absolute atomic E-state index is 12.4. The van der Waals surface area contributed by atoms with E-state index in [1.165, 1.54) is 7.11 Å². The lowest BCUT2D eigenvalue weighted by molar-refractivity contribution is 0.416. The average Bonchev–Trinajstić information content (AvgIpc) is 2.48. The molecule has 0 saturated heterocycles. The Hall–Kier alpha value is -1.74. The van der Waals surface area contributed by atoms with Crippen LogP contribution in [-0.4, -0.2) is 20.8 Å². The van der Waals surface area contributed by atoms with Crippen molar-refractivity contribution in [3.63, 3.8) is 0 Å². The van der Waals surface area contributed by atoms with Crippen LogP contribution < -0.4 is 9.46 Å². The van der Waals surface area contributed by atoms with Gasteiger partial charge in [0.1, 0.15) is 17.5 Å². The lowest BCUT2D eigenvalue weighted by Crippen LogP contribution is -2.30. The third kappa shape index (κ3) is 3.05. The van der Waals surface area contributed by atoms with E-state index in [1.54, 1.807) is 18.2 Å². The molecule has 5 nitrogen and oxygen atoms in total. The quantitative estimate of drug-likeness (QED) is 0.925. The first-order valence-corrected chi connectivity index (χ1v) is 8.22. The summed E-state index contributed by atoms with van der Waals surface area (Å²) in [6, 6.07) is 6.86. The summed E-state index contributed by atoms with van der Waals surface area (Å²) in [5.74, 6) is 0.364. The molecule has 1 aromatic carbocycles. The fraction of sp³-hybridized carbons (Fsp3) is 0.500. The molecule has 1 fully saturated rings. The highest BCUT2D eigenvalue weighted by Crippen LogP contribution is 2.31. The molecule has 0 spiro atoms. The molecule has 0 amide bonds. The molecule has 108 valence electrons. The van der Waals surface area contributed by atoms with E-state index in [-0.39, 0.29) is 16.5 Å². The van der Waals surface area contributed by atoms with Crippen LogP contribution >= 0.6 is 0 Å². The zero-order valence-electron chi connectivity index (χ0n) is 11.4. The van der Waals surface area contributed by atoms with Gasteiger partial charge in [-0.15, -0.1) is 0 Å². The number of hydrogen-bond acceptors (Lipinski definition) is 4. The van der Waals surface area contributed by atoms with E-state index in [0.29, 0.717) is 18.6 Å². The molecule has 0 atom stereocenters. The highest BCUT2D eigenvalue weighted by atomic mass is 32.2. The van der Waals surface area contributed by atoms with Gasteiger partial charge in [0.15, 0.2) is 0 Å². The minimum absolute atomic E-state index is 0.239. The van der Waals surface area contributed by atoms with Crippen molar-refractivity contribution in [1.82, 2.24) is 0 Å². The number of nitrogens with zero attached hydrogens (tertiary/aromatic N) is 1. The topological polar surface area (TPSA) is 79.2 Å². The van der Waals surface area contributed by atoms with E-state index >= 15 is 0 Å². The van der Waals surface area contributed by atoms with Gasteiger partial charge in [-0.1, -0.05) is 25.3 Å². The Labute approximate surface area is 119 Å². The summed E-state index contributed by atoms with van der Waals surface area (Å²) in [5.41, 5.74) is 0.506. The van der Waals surface area contributed by atoms with Crippen LogP contribution in [0, 0.1) is 11.3 Å². The predicted molar refractivity (Wildman–Crippen MR) is 77.1 cm³/mol. The van der Waals surface area contributed by atoms with Crippen LogP contribution in [0.4, 0.5) is 5.69 Å². The normalized spacial score (nSPS) is 16.4. The molecule has 1 N–H and O–H groups in total. The molecule has 20 heavy (non-hydrogen) atoms. The third-order valence-corrected chi connectivity index (χ3v) is 5.44. The Morgan fingerprint density at radius 1 is 1.30 bits per heavy atom. The Bertz CT molecular complexity index is 614. The van der Waals surface area contributed by atoms with Crippen molar-refractivity contribution in [2.45, 2.75) is 37.4 Å². The number of nitriles is 1. The second-order valence-corrected chi connectivity index (χ2v) is 6.86. The Kier molecular flexibility index (Phi) is 4.50. The molecule has 1 aliphatic carbocycles. The molecule has 2 rings (SSSR count). The van der Waals surface area contributed by atoms with E-state index in [1.807, 2.05) is 6.07 Å². The fourth-order valence-corrected chi connectivity index (χ4v) is 4.12. The second-order valence-electron chi connectivity index (χ2n) is 4.90. The number of para-hydroxylation sites is 1. The van der Waals surface area contributed by atoms with E-state index < -0.39 is 10.0 Å². The fourth-order valence-electron chi connectivity index (χ4n) is 2.50. The summed E-state index contributed by atoms with van der Waals surface area (Å²) in [6.45, 7) is 0. The summed E-state index contributed by atoms with van der Waals surface area (Å²) >= 11 is 0. The number of rotatable bonds is 4. The van der Waals surface area contributed by atoms with Crippen molar-refractivity contribution >= 4 is 15.7 Å². The Morgan fingerprint density at radius 3 is 2.60 bits per heavy atom. The zero-order chi connectivity index (χ0) is 14.6. The molecular formula is C14H18N2O3S. The van der Waals surface area contributed by atoms with Crippen LogP contribution in [0.3, 0.4) is 0 Å². The van der Waals surface area contributed by atoms with E-state index in [2.05, 4.69) is 4.72 Å². The van der Waals surface area contributed by atoms with Gasteiger partial charge in [0.05, 0.1) is 17.9 Å². The first-order valence-electron chi connectivity index (χ1n) is 6.67. The molecule has 0 heterocycles. The van der Waals surface area contributed by atoms with Crippen molar-refractivity contribution < 1.29 is 13.2 Å². The highest BCUT2D eigenvalue weighted by Gasteiger charge is 2.28. The average molecular weight is 294 g/mol. The van der Waals surface area contributed by atoms with Gasteiger partial charge >= 0.3 is 0 Å². The van der Waals surface area contributed by atoms with Gasteiger partial charge in [-0.05, 0) is 25.0 Å². The van der Waals surface area contributed by atoms with Gasteiger partial charge in [-0.25, -0.2) is 8.42 Å². The largest absolute Gasteiger partial charge is 0.495 e. The maximum atomic E-state index is 12.4. The number of anilines is 1. The van der Waals surface area contributed by atoms with Crippen molar-refractivity contribution in [3.05, 3.63) is 23.8 Å². The smallest absolute Gasteiger partial charge is 0.235 e. The highest BCUT2D eigenvalue weighted by molar-refractivity contribution is 7.93. The maximum Gasteiger partial charge on any atom is 0.235 e. The van der Waals surface area contributed by atoms with E-state index in [9.17, 15) is 8.42 Å². The minimum atomic E-state index is -3.48. The molecule has 1 saturated carbocycles. The number of ether oxygens (including phenoxy) is 1. The van der Waals surface area contributed by atoms with Crippen molar-refractivity contribution in [3.8, 4) is 11.8 Å². The molecule has 0 unspecified atom stereocenters. The predicted octanol–water partition coefficient (Wildman–Crippen LogP) is 2.64. The first-order chi connectivity index (χ1) is 9.58. The van der Waals surface area contributed by atoms with Crippen LogP contribution in [0.1, 0.15) is 37.7 Å². The molecule has 1 aromatic rings. The number of sulfonamides is 1. The molecule has 6 heteroatoms. The number of nitrogens with one attached hydrogen (secondary N) is 1. The third-order valence-electron chi connectivity index (χ3n) is 3.60. The number of methoxy groups -OCH3 is 1. The van der Waals surface area contributed by atoms with Crippen LogP contribution in [0.25, 0.3) is 0 Å². The lowest BCUT2D eigenvalue weighted by Gasteiger charge is -2.23. The summed E-state index contributed by atoms with van der Waals surface area (Å²) in [5, 5.41) is 8.72. The van der Waals surface area contributed by atoms with Gasteiger partial charge in [0.2, 0.25) is 10.0 Å². The minimum Gasteiger partial charge on any atom is -0.495 e. The van der Waals surface area contributed by atoms with Crippen LogP contribution in [0.15, 0.2) is 18.2 Å². The van der Waals surface area contributed by atoms with Crippen molar-refractivity contribution in [1.29, 1.82) is 5.26 Å². The molecule has 0 aliphatic heterocycles. The summed E-state index contributed by atoms with van der Waals surface area (Å²) < 4.78 is 32.5. The molecule has 1 aliphatic rings. The van der Waals surface area contributed by atoms with E-state index in [0.717, 1.165) is 19.3 Å². The van der Waals surface area contributed by atoms with Gasteiger partial charge in [-0.3, -0.25) is 4.72 Å². The molecule has 0 bridgehead atoms. The Morgan fingerprint density at radius 2 is 2.00 bits per heavy atom. The summed E-state index contributed by atoms with van der Waals surface area (Å²) in [4.78, 5) is 0. The monoisotopic (exact) mass is 294 g/mol. The number of benzene rings is 1. The van der Waals surface area contributed by atoms with Gasteiger partial charge < -0.3 is 4.74 Å². The standard InChI is InChI=1S/C14H18N2O3S/c1-19-13-9-5-6-11(10-15)14(13)16-20(17,18)12-7-3-2-4-8-12/h5-6,9,12,16H,2-4,7-8H2,1H3. The summed E-state index contributed by atoms with van der Waals surface area (Å²) in [7, 11) is -2.03. The summed E-state index contributed by atoms with van der Waals surface area (Å²) in [6.07, 6.45) is 4.30. The zero-order valence-corrected chi connectivity index (χ0v) is 12.2. The van der Waals surface area contributed by atoms with Crippen molar-refractivity contribution in [2.24, 2.45) is 0 Å². The molecule has 0 radical (unpaired) electrons. The Balaban J connectivity index is 2.31. The van der Waals surface area contributed by atoms with Crippen LogP contribution in [0.2, 0.25) is 0 Å². The van der Waals surface area contributed by atoms with E-state index in [4.69, 9.17) is 10.00 Å². The van der Waals surface area contributed by atoms with Crippen LogP contribution in [0.5, 0.6) is 5.75 Å². The molecule has 0 aromatic heterocycles. The second kappa shape index (κ2) is 6.14. The first kappa shape index (κ1) is 14.7. The van der Waals surface area contributed by atoms with Crippen molar-refractivity contribution in [2.75, 3.05) is 11.8 Å². The van der Waals surface area contributed by atoms with Gasteiger partial charge in [0.25, 0.3) is 0 Å².